The zero-order valence-corrected chi connectivity index (χ0v) is 24.5. The van der Waals surface area contributed by atoms with Crippen LogP contribution in [0.15, 0.2) is 54.6 Å². The molecule has 0 aromatic heterocycles. The number of ether oxygens (including phenoxy) is 3. The fourth-order valence-electron chi connectivity index (χ4n) is 4.98. The first-order valence-electron chi connectivity index (χ1n) is 13.9. The minimum absolute atomic E-state index is 0.0774. The Kier molecular flexibility index (Phi) is 11.6. The number of hydrogen-bond donors (Lipinski definition) is 1. The molecule has 2 aromatic carbocycles. The number of alkyl carbamates (subject to hydrolysis) is 1. The highest BCUT2D eigenvalue weighted by atomic mass is 16.5. The van der Waals surface area contributed by atoms with Crippen molar-refractivity contribution in [3.63, 3.8) is 0 Å². The molecule has 1 aliphatic rings. The largest absolute Gasteiger partial charge is 0.497 e. The molecule has 3 amide bonds. The first-order chi connectivity index (χ1) is 19.6. The number of likely N-dealkylation sites (tertiary alicyclic amines) is 1. The number of rotatable bonds is 12. The number of methoxy groups -OCH3 is 2. The summed E-state index contributed by atoms with van der Waals surface area (Å²) in [4.78, 5) is 55.7. The SMILES string of the molecule is COC(=O)[C@H](Cc1ccc(OC)cc1)N(C)C(=O)[C@@H]1CCCN1C(=O)[C@H](CC(C)C)NC(=O)OCc1ccccc1. The smallest absolute Gasteiger partial charge is 0.408 e. The van der Waals surface area contributed by atoms with Crippen LogP contribution in [0.2, 0.25) is 0 Å². The molecule has 10 nitrogen and oxygen atoms in total. The van der Waals surface area contributed by atoms with Crippen LogP contribution in [0.3, 0.4) is 0 Å². The lowest BCUT2D eigenvalue weighted by atomic mass is 10.0. The maximum absolute atomic E-state index is 13.7. The Morgan fingerprint density at radius 1 is 1.00 bits per heavy atom. The maximum atomic E-state index is 13.7. The van der Waals surface area contributed by atoms with Crippen molar-refractivity contribution in [1.82, 2.24) is 15.1 Å². The van der Waals surface area contributed by atoms with Crippen molar-refractivity contribution < 1.29 is 33.4 Å². The van der Waals surface area contributed by atoms with E-state index < -0.39 is 30.2 Å². The zero-order chi connectivity index (χ0) is 29.9. The minimum atomic E-state index is -0.879. The average Bonchev–Trinajstić information content (AvgIpc) is 3.47. The van der Waals surface area contributed by atoms with Crippen LogP contribution in [0.1, 0.15) is 44.2 Å². The van der Waals surface area contributed by atoms with Gasteiger partial charge in [0.2, 0.25) is 11.8 Å². The molecule has 1 aliphatic heterocycles. The molecule has 0 bridgehead atoms. The normalized spacial score (nSPS) is 16.0. The molecule has 0 radical (unpaired) electrons. The van der Waals surface area contributed by atoms with E-state index in [1.54, 1.807) is 26.3 Å². The van der Waals surface area contributed by atoms with E-state index in [1.807, 2.05) is 56.3 Å². The summed E-state index contributed by atoms with van der Waals surface area (Å²) in [5.74, 6) is -0.459. The third kappa shape index (κ3) is 8.70. The first-order valence-corrected chi connectivity index (χ1v) is 13.9. The lowest BCUT2D eigenvalue weighted by Gasteiger charge is -2.33. The summed E-state index contributed by atoms with van der Waals surface area (Å²) in [5, 5.41) is 2.71. The molecule has 0 spiro atoms. The lowest BCUT2D eigenvalue weighted by Crippen LogP contribution is -2.56. The van der Waals surface area contributed by atoms with Crippen molar-refractivity contribution in [1.29, 1.82) is 0 Å². The number of carbonyl (C=O) groups is 4. The van der Waals surface area contributed by atoms with Gasteiger partial charge in [-0.05, 0) is 48.4 Å². The van der Waals surface area contributed by atoms with Gasteiger partial charge >= 0.3 is 12.1 Å². The maximum Gasteiger partial charge on any atom is 0.408 e. The third-order valence-corrected chi connectivity index (χ3v) is 7.21. The molecular formula is C31H41N3O7. The molecule has 1 N–H and O–H groups in total. The van der Waals surface area contributed by atoms with Crippen LogP contribution < -0.4 is 10.1 Å². The molecule has 0 unspecified atom stereocenters. The Hall–Kier alpha value is -4.08. The van der Waals surface area contributed by atoms with E-state index in [0.29, 0.717) is 31.6 Å². The Morgan fingerprint density at radius 3 is 2.29 bits per heavy atom. The fourth-order valence-corrected chi connectivity index (χ4v) is 4.98. The van der Waals surface area contributed by atoms with E-state index in [4.69, 9.17) is 14.2 Å². The predicted octanol–water partition coefficient (Wildman–Crippen LogP) is 3.57. The molecule has 1 heterocycles. The molecule has 41 heavy (non-hydrogen) atoms. The molecular weight excluding hydrogens is 526 g/mol. The number of benzene rings is 2. The van der Waals surface area contributed by atoms with Crippen LogP contribution in [-0.2, 0) is 36.9 Å². The summed E-state index contributed by atoms with van der Waals surface area (Å²) in [6.45, 7) is 4.36. The second-order valence-electron chi connectivity index (χ2n) is 10.6. The summed E-state index contributed by atoms with van der Waals surface area (Å²) in [6.07, 6.45) is 1.01. The van der Waals surface area contributed by atoms with Crippen molar-refractivity contribution >= 4 is 23.9 Å². The Labute approximate surface area is 241 Å². The van der Waals surface area contributed by atoms with Gasteiger partial charge in [-0.2, -0.15) is 0 Å². The van der Waals surface area contributed by atoms with Gasteiger partial charge in [-0.3, -0.25) is 9.59 Å². The van der Waals surface area contributed by atoms with E-state index in [1.165, 1.54) is 16.9 Å². The van der Waals surface area contributed by atoms with Crippen LogP contribution in [0.5, 0.6) is 5.75 Å². The van der Waals surface area contributed by atoms with Crippen LogP contribution in [-0.4, -0.2) is 79.6 Å². The van der Waals surface area contributed by atoms with Gasteiger partial charge in [-0.1, -0.05) is 56.3 Å². The highest BCUT2D eigenvalue weighted by Crippen LogP contribution is 2.24. The molecule has 3 atom stereocenters. The van der Waals surface area contributed by atoms with E-state index in [9.17, 15) is 19.2 Å². The van der Waals surface area contributed by atoms with E-state index in [2.05, 4.69) is 5.32 Å². The van der Waals surface area contributed by atoms with E-state index in [0.717, 1.165) is 11.1 Å². The summed E-state index contributed by atoms with van der Waals surface area (Å²) in [7, 11) is 4.41. The second kappa shape index (κ2) is 15.1. The summed E-state index contributed by atoms with van der Waals surface area (Å²) in [6, 6.07) is 14.0. The topological polar surface area (TPSA) is 114 Å². The van der Waals surface area contributed by atoms with Gasteiger partial charge in [0.1, 0.15) is 30.5 Å². The highest BCUT2D eigenvalue weighted by Gasteiger charge is 2.41. The molecule has 222 valence electrons. The van der Waals surface area contributed by atoms with Crippen LogP contribution in [0.4, 0.5) is 4.79 Å². The number of nitrogens with one attached hydrogen (secondary N) is 1. The average molecular weight is 568 g/mol. The number of nitrogens with zero attached hydrogens (tertiary/aromatic N) is 2. The van der Waals surface area contributed by atoms with E-state index >= 15 is 0 Å². The summed E-state index contributed by atoms with van der Waals surface area (Å²) in [5.41, 5.74) is 1.66. The van der Waals surface area contributed by atoms with Gasteiger partial charge in [0.05, 0.1) is 14.2 Å². The Balaban J connectivity index is 1.71. The predicted molar refractivity (Wildman–Crippen MR) is 153 cm³/mol. The van der Waals surface area contributed by atoms with Gasteiger partial charge in [-0.15, -0.1) is 0 Å². The fraction of sp³-hybridized carbons (Fsp3) is 0.484. The molecule has 1 saturated heterocycles. The van der Waals surface area contributed by atoms with Crippen LogP contribution in [0.25, 0.3) is 0 Å². The molecule has 1 fully saturated rings. The van der Waals surface area contributed by atoms with Gasteiger partial charge in [0.25, 0.3) is 0 Å². The standard InChI is InChI=1S/C31H41N3O7/c1-21(2)18-25(32-31(38)41-20-23-10-7-6-8-11-23)28(35)34-17-9-12-26(34)29(36)33(3)27(30(37)40-5)19-22-13-15-24(39-4)16-14-22/h6-8,10-11,13-16,21,25-27H,9,12,17-20H2,1-5H3,(H,32,38)/t25-,26-,27-/m0/s1. The monoisotopic (exact) mass is 567 g/mol. The Morgan fingerprint density at radius 2 is 1.68 bits per heavy atom. The molecule has 10 heteroatoms. The Bertz CT molecular complexity index is 1170. The van der Waals surface area contributed by atoms with Gasteiger partial charge in [-0.25, -0.2) is 9.59 Å². The van der Waals surface area contributed by atoms with Gasteiger partial charge in [0, 0.05) is 20.0 Å². The number of carbonyl (C=O) groups excluding carboxylic acids is 4. The zero-order valence-electron chi connectivity index (χ0n) is 24.5. The first kappa shape index (κ1) is 31.4. The quantitative estimate of drug-likeness (QED) is 0.390. The molecule has 0 saturated carbocycles. The summed E-state index contributed by atoms with van der Waals surface area (Å²) < 4.78 is 15.6. The molecule has 2 aromatic rings. The van der Waals surface area contributed by atoms with Crippen LogP contribution >= 0.6 is 0 Å². The van der Waals surface area contributed by atoms with Crippen molar-refractivity contribution in [2.75, 3.05) is 27.8 Å². The highest BCUT2D eigenvalue weighted by molar-refractivity contribution is 5.93. The summed E-state index contributed by atoms with van der Waals surface area (Å²) >= 11 is 0. The van der Waals surface area contributed by atoms with Crippen molar-refractivity contribution in [2.24, 2.45) is 5.92 Å². The molecule has 0 aliphatic carbocycles. The van der Waals surface area contributed by atoms with Crippen molar-refractivity contribution in [2.45, 2.75) is 64.3 Å². The second-order valence-corrected chi connectivity index (χ2v) is 10.6. The minimum Gasteiger partial charge on any atom is -0.497 e. The number of esters is 1. The number of hydrogen-bond acceptors (Lipinski definition) is 7. The molecule has 3 rings (SSSR count). The van der Waals surface area contributed by atoms with Crippen molar-refractivity contribution in [3.8, 4) is 5.75 Å². The van der Waals surface area contributed by atoms with Gasteiger partial charge < -0.3 is 29.3 Å². The van der Waals surface area contributed by atoms with Crippen molar-refractivity contribution in [3.05, 3.63) is 65.7 Å². The number of amides is 3. The third-order valence-electron chi connectivity index (χ3n) is 7.21. The lowest BCUT2D eigenvalue weighted by molar-refractivity contribution is -0.154. The van der Waals surface area contributed by atoms with Crippen LogP contribution in [0, 0.1) is 5.92 Å². The number of likely N-dealkylation sites (N-methyl/N-ethyl adjacent to an activating group) is 1. The van der Waals surface area contributed by atoms with E-state index in [-0.39, 0.29) is 30.8 Å². The van der Waals surface area contributed by atoms with Gasteiger partial charge in [0.15, 0.2) is 0 Å².